The van der Waals surface area contributed by atoms with Crippen molar-refractivity contribution in [3.05, 3.63) is 83.9 Å². The van der Waals surface area contributed by atoms with Crippen LogP contribution in [0.4, 0.5) is 0 Å². The molecule has 0 unspecified atom stereocenters. The molecule has 19 heteroatoms. The largest absolute Gasteiger partial charge is 0.508 e. The van der Waals surface area contributed by atoms with Crippen LogP contribution in [0.2, 0.25) is 0 Å². The molecule has 13 N–H and O–H groups in total. The second-order valence-corrected chi connectivity index (χ2v) is 16.2. The number of aromatic hydroxyl groups is 1. The van der Waals surface area contributed by atoms with Gasteiger partial charge in [0.05, 0.1) is 24.7 Å². The number of carbonyl (C=O) groups is 6. The maximum absolute atomic E-state index is 14.2. The van der Waals surface area contributed by atoms with Crippen molar-refractivity contribution in [3.63, 3.8) is 0 Å². The number of guanidine groups is 1. The van der Waals surface area contributed by atoms with Crippen LogP contribution in [-0.4, -0.2) is 106 Å². The van der Waals surface area contributed by atoms with Crippen molar-refractivity contribution in [2.75, 3.05) is 13.2 Å². The van der Waals surface area contributed by atoms with Crippen LogP contribution in [0.3, 0.4) is 0 Å². The van der Waals surface area contributed by atoms with Crippen molar-refractivity contribution in [1.82, 2.24) is 41.9 Å². The molecule has 0 aliphatic rings. The van der Waals surface area contributed by atoms with Crippen LogP contribution in [0.5, 0.6) is 5.75 Å². The molecule has 1 heterocycles. The van der Waals surface area contributed by atoms with E-state index in [2.05, 4.69) is 41.9 Å². The summed E-state index contributed by atoms with van der Waals surface area (Å²) in [5, 5.41) is 33.6. The van der Waals surface area contributed by atoms with Gasteiger partial charge in [-0.15, -0.1) is 0 Å². The number of hydrogen-bond donors (Lipinski definition) is 11. The van der Waals surface area contributed by atoms with E-state index in [1.54, 1.807) is 25.3 Å². The van der Waals surface area contributed by atoms with Crippen LogP contribution in [0.15, 0.2) is 67.1 Å². The number of ether oxygens (including phenoxy) is 1. The number of nitrogens with two attached hydrogens (primary N) is 2. The number of nitrogens with zero attached hydrogens (tertiary/aromatic N) is 1. The Morgan fingerprint density at radius 1 is 0.714 bits per heavy atom. The van der Waals surface area contributed by atoms with Gasteiger partial charge in [0.15, 0.2) is 5.96 Å². The number of phenolic OH excluding ortho intramolecular Hbond substituents is 1. The molecular weight excluding hydrogens is 811 g/mol. The number of aromatic amines is 1. The highest BCUT2D eigenvalue weighted by atomic mass is 16.5. The summed E-state index contributed by atoms with van der Waals surface area (Å²) in [5.41, 5.74) is 13.6. The second-order valence-electron chi connectivity index (χ2n) is 16.2. The smallest absolute Gasteiger partial charge is 0.328 e. The van der Waals surface area contributed by atoms with Crippen LogP contribution >= 0.6 is 0 Å². The first kappa shape index (κ1) is 50.9. The quantitative estimate of drug-likeness (QED) is 0.0231. The lowest BCUT2D eigenvalue weighted by atomic mass is 9.99. The number of esters is 1. The number of amides is 5. The third-order valence-electron chi connectivity index (χ3n) is 9.80. The lowest BCUT2D eigenvalue weighted by Crippen LogP contribution is -2.60. The Bertz CT molecular complexity index is 1930. The molecule has 0 bridgehead atoms. The van der Waals surface area contributed by atoms with E-state index in [0.717, 1.165) is 5.56 Å². The van der Waals surface area contributed by atoms with Gasteiger partial charge >= 0.3 is 5.97 Å². The molecule has 0 saturated carbocycles. The highest BCUT2D eigenvalue weighted by Crippen LogP contribution is 2.14. The number of aromatic nitrogens is 2. The molecule has 0 spiro atoms. The first-order chi connectivity index (χ1) is 29.9. The summed E-state index contributed by atoms with van der Waals surface area (Å²) >= 11 is 0. The standard InChI is InChI=1S/C44H65N11O8/c1-6-63-43(62)37(22-28-11-8-7-9-12-28)55-42(61)36(23-30-24-48-25-50-30)54-41(60)35(20-27(4)5)53-39(58)33(13-10-18-49-44(46)47)51-40(59)34(19-26(2)3)52-38(57)32(45)21-29-14-16-31(56)17-15-29/h7-9,11-12,14-17,24-27,32-37,56H,6,10,13,18-23,45H2,1-5H3,(H,48,50)(H,51,59)(H,52,57)(H,53,58)(H,54,60)(H,55,61)(H4,46,47,49)/t32-,33-,34-,35-,36-,37-/m0/s1. The fourth-order valence-electron chi connectivity index (χ4n) is 6.66. The third kappa shape index (κ3) is 18.6. The number of hydrogen-bond acceptors (Lipinski definition) is 11. The van der Waals surface area contributed by atoms with Crippen LogP contribution < -0.4 is 43.4 Å². The molecule has 6 atom stereocenters. The number of rotatable bonds is 26. The third-order valence-corrected chi connectivity index (χ3v) is 9.80. The molecule has 0 aliphatic carbocycles. The van der Waals surface area contributed by atoms with Crippen molar-refractivity contribution in [2.45, 2.75) is 116 Å². The summed E-state index contributed by atoms with van der Waals surface area (Å²) in [5.74, 6) is -4.37. The molecule has 0 aliphatic heterocycles. The van der Waals surface area contributed by atoms with E-state index in [0.29, 0.717) is 11.3 Å². The minimum atomic E-state index is -1.24. The van der Waals surface area contributed by atoms with Crippen molar-refractivity contribution in [1.29, 1.82) is 5.41 Å². The van der Waals surface area contributed by atoms with Crippen LogP contribution in [0.25, 0.3) is 0 Å². The summed E-state index contributed by atoms with van der Waals surface area (Å²) in [7, 11) is 0. The van der Waals surface area contributed by atoms with E-state index in [-0.39, 0.29) is 81.6 Å². The van der Waals surface area contributed by atoms with Crippen LogP contribution in [0, 0.1) is 17.2 Å². The summed E-state index contributed by atoms with van der Waals surface area (Å²) in [6.45, 7) is 9.39. The molecule has 19 nitrogen and oxygen atoms in total. The predicted molar refractivity (Wildman–Crippen MR) is 237 cm³/mol. The van der Waals surface area contributed by atoms with E-state index < -0.39 is 71.8 Å². The molecular formula is C44H65N11O8. The first-order valence-corrected chi connectivity index (χ1v) is 21.3. The lowest BCUT2D eigenvalue weighted by Gasteiger charge is -2.28. The van der Waals surface area contributed by atoms with Crippen molar-refractivity contribution in [3.8, 4) is 5.75 Å². The van der Waals surface area contributed by atoms with Gasteiger partial charge in [-0.25, -0.2) is 9.78 Å². The fraction of sp³-hybridized carbons (Fsp3) is 0.500. The van der Waals surface area contributed by atoms with Gasteiger partial charge in [0, 0.05) is 25.6 Å². The summed E-state index contributed by atoms with van der Waals surface area (Å²) < 4.78 is 5.26. The molecule has 5 amide bonds. The molecule has 3 rings (SSSR count). The van der Waals surface area contributed by atoms with Gasteiger partial charge in [0.25, 0.3) is 0 Å². The van der Waals surface area contributed by atoms with Gasteiger partial charge in [-0.05, 0) is 74.1 Å². The van der Waals surface area contributed by atoms with E-state index in [1.807, 2.05) is 58.0 Å². The van der Waals surface area contributed by atoms with Gasteiger partial charge in [-0.1, -0.05) is 70.2 Å². The molecule has 344 valence electrons. The number of phenols is 1. The number of H-pyrrole nitrogens is 1. The topological polar surface area (TPSA) is 309 Å². The fourth-order valence-corrected chi connectivity index (χ4v) is 6.66. The SMILES string of the molecule is CCOC(=O)[C@H](Cc1ccccc1)NC(=O)[C@H](Cc1c[nH]cn1)NC(=O)[C@H](CC(C)C)NC(=O)[C@H](CCCNC(=N)N)NC(=O)[C@H](CC(C)C)NC(=O)[C@@H](N)Cc1ccc(O)cc1. The van der Waals surface area contributed by atoms with Gasteiger partial charge < -0.3 is 58.2 Å². The highest BCUT2D eigenvalue weighted by molar-refractivity contribution is 5.96. The minimum Gasteiger partial charge on any atom is -0.508 e. The Morgan fingerprint density at radius 2 is 1.24 bits per heavy atom. The average Bonchev–Trinajstić information content (AvgIpc) is 3.75. The number of carbonyl (C=O) groups excluding carboxylic acids is 6. The summed E-state index contributed by atoms with van der Waals surface area (Å²) in [4.78, 5) is 89.7. The molecule has 63 heavy (non-hydrogen) atoms. The molecule has 0 radical (unpaired) electrons. The molecule has 0 fully saturated rings. The minimum absolute atomic E-state index is 0.0530. The monoisotopic (exact) mass is 876 g/mol. The average molecular weight is 876 g/mol. The van der Waals surface area contributed by atoms with Gasteiger partial charge in [0.2, 0.25) is 29.5 Å². The van der Waals surface area contributed by atoms with Crippen LogP contribution in [-0.2, 0) is 52.8 Å². The zero-order valence-corrected chi connectivity index (χ0v) is 36.7. The van der Waals surface area contributed by atoms with E-state index in [4.69, 9.17) is 21.6 Å². The molecule has 1 aromatic heterocycles. The Morgan fingerprint density at radius 3 is 1.79 bits per heavy atom. The normalized spacial score (nSPS) is 14.0. The zero-order chi connectivity index (χ0) is 46.5. The number of imidazole rings is 1. The van der Waals surface area contributed by atoms with Crippen molar-refractivity contribution < 1.29 is 38.6 Å². The van der Waals surface area contributed by atoms with Gasteiger partial charge in [0.1, 0.15) is 36.0 Å². The molecule has 3 aromatic rings. The maximum Gasteiger partial charge on any atom is 0.328 e. The first-order valence-electron chi connectivity index (χ1n) is 21.3. The Balaban J connectivity index is 1.85. The van der Waals surface area contributed by atoms with Crippen molar-refractivity contribution >= 4 is 41.5 Å². The van der Waals surface area contributed by atoms with E-state index in [9.17, 15) is 33.9 Å². The summed E-state index contributed by atoms with van der Waals surface area (Å²) in [6, 6.07) is 8.49. The lowest BCUT2D eigenvalue weighted by molar-refractivity contribution is -0.147. The van der Waals surface area contributed by atoms with Crippen molar-refractivity contribution in [2.24, 2.45) is 23.3 Å². The predicted octanol–water partition coefficient (Wildman–Crippen LogP) is 0.813. The number of nitrogens with one attached hydrogen (secondary N) is 8. The summed E-state index contributed by atoms with van der Waals surface area (Å²) in [6.07, 6.45) is 3.88. The zero-order valence-electron chi connectivity index (χ0n) is 36.7. The molecule has 0 saturated heterocycles. The van der Waals surface area contributed by atoms with Gasteiger partial charge in [-0.2, -0.15) is 0 Å². The Labute approximate surface area is 368 Å². The second kappa shape index (κ2) is 26.1. The highest BCUT2D eigenvalue weighted by Gasteiger charge is 2.34. The van der Waals surface area contributed by atoms with Crippen LogP contribution in [0.1, 0.15) is 77.1 Å². The van der Waals surface area contributed by atoms with E-state index >= 15 is 0 Å². The Kier molecular flexibility index (Phi) is 21.1. The maximum atomic E-state index is 14.2. The van der Waals surface area contributed by atoms with E-state index in [1.165, 1.54) is 18.5 Å². The Hall–Kier alpha value is -6.50. The molecule has 2 aromatic carbocycles. The van der Waals surface area contributed by atoms with Gasteiger partial charge in [-0.3, -0.25) is 29.4 Å². The number of benzene rings is 2.